The highest BCUT2D eigenvalue weighted by Gasteiger charge is 2.10. The molecule has 2 heterocycles. The molecule has 0 spiro atoms. The van der Waals surface area contributed by atoms with E-state index >= 15 is 0 Å². The van der Waals surface area contributed by atoms with Crippen molar-refractivity contribution in [2.45, 2.75) is 20.8 Å². The van der Waals surface area contributed by atoms with E-state index in [1.807, 2.05) is 26.8 Å². The van der Waals surface area contributed by atoms with Crippen molar-refractivity contribution in [3.05, 3.63) is 29.5 Å². The van der Waals surface area contributed by atoms with Gasteiger partial charge in [-0.15, -0.1) is 0 Å². The average molecular weight is 203 g/mol. The molecule has 0 atom stereocenters. The molecule has 0 aromatic carbocycles. The van der Waals surface area contributed by atoms with Crippen LogP contribution in [-0.2, 0) is 0 Å². The molecular formula is C10H13N5. The normalized spacial score (nSPS) is 10.6. The quantitative estimate of drug-likeness (QED) is 0.755. The Morgan fingerprint density at radius 3 is 2.47 bits per heavy atom. The van der Waals surface area contributed by atoms with Crippen LogP contribution in [0.15, 0.2) is 12.4 Å². The fourth-order valence-electron chi connectivity index (χ4n) is 1.43. The number of hydrogen-bond donors (Lipinski definition) is 1. The number of aryl methyl sites for hydroxylation is 2. The summed E-state index contributed by atoms with van der Waals surface area (Å²) in [5.41, 5.74) is 9.20. The van der Waals surface area contributed by atoms with E-state index in [-0.39, 0.29) is 0 Å². The molecule has 0 saturated carbocycles. The van der Waals surface area contributed by atoms with Crippen LogP contribution >= 0.6 is 0 Å². The molecule has 2 aromatic rings. The zero-order valence-corrected chi connectivity index (χ0v) is 9.02. The second-order valence-electron chi connectivity index (χ2n) is 3.51. The Hall–Kier alpha value is -1.91. The Morgan fingerprint density at radius 2 is 1.93 bits per heavy atom. The fourth-order valence-corrected chi connectivity index (χ4v) is 1.43. The molecule has 78 valence electrons. The van der Waals surface area contributed by atoms with Gasteiger partial charge in [0.05, 0.1) is 17.1 Å². The number of anilines is 1. The Balaban J connectivity index is 2.59. The second-order valence-corrected chi connectivity index (χ2v) is 3.51. The minimum Gasteiger partial charge on any atom is -0.396 e. The van der Waals surface area contributed by atoms with Crippen molar-refractivity contribution in [2.24, 2.45) is 0 Å². The van der Waals surface area contributed by atoms with Gasteiger partial charge in [-0.3, -0.25) is 0 Å². The van der Waals surface area contributed by atoms with Crippen LogP contribution in [-0.4, -0.2) is 19.7 Å². The summed E-state index contributed by atoms with van der Waals surface area (Å²) in [6.45, 7) is 5.72. The van der Waals surface area contributed by atoms with Crippen molar-refractivity contribution >= 4 is 5.69 Å². The average Bonchev–Trinajstić information content (AvgIpc) is 2.46. The first kappa shape index (κ1) is 9.64. The largest absolute Gasteiger partial charge is 0.396 e. The summed E-state index contributed by atoms with van der Waals surface area (Å²) in [6.07, 6.45) is 1.53. The molecule has 0 unspecified atom stereocenters. The van der Waals surface area contributed by atoms with Crippen LogP contribution in [0.5, 0.6) is 0 Å². The maximum absolute atomic E-state index is 5.85. The van der Waals surface area contributed by atoms with E-state index in [9.17, 15) is 0 Å². The van der Waals surface area contributed by atoms with Gasteiger partial charge in [0, 0.05) is 11.8 Å². The van der Waals surface area contributed by atoms with Gasteiger partial charge in [0.2, 0.25) is 0 Å². The first-order valence-corrected chi connectivity index (χ1v) is 4.70. The Bertz CT molecular complexity index is 501. The lowest BCUT2D eigenvalue weighted by Crippen LogP contribution is -2.03. The van der Waals surface area contributed by atoms with Crippen molar-refractivity contribution < 1.29 is 0 Å². The summed E-state index contributed by atoms with van der Waals surface area (Å²) in [5, 5.41) is 4.32. The molecule has 15 heavy (non-hydrogen) atoms. The van der Waals surface area contributed by atoms with Gasteiger partial charge < -0.3 is 5.73 Å². The molecule has 5 heteroatoms. The van der Waals surface area contributed by atoms with Crippen molar-refractivity contribution in [1.29, 1.82) is 0 Å². The van der Waals surface area contributed by atoms with E-state index in [2.05, 4.69) is 15.1 Å². The van der Waals surface area contributed by atoms with Crippen molar-refractivity contribution in [3.63, 3.8) is 0 Å². The number of hydrogen-bond acceptors (Lipinski definition) is 4. The third kappa shape index (κ3) is 1.56. The third-order valence-corrected chi connectivity index (χ3v) is 2.35. The molecule has 0 aliphatic heterocycles. The van der Waals surface area contributed by atoms with Crippen LogP contribution in [0.2, 0.25) is 0 Å². The van der Waals surface area contributed by atoms with Crippen molar-refractivity contribution in [3.8, 4) is 5.82 Å². The van der Waals surface area contributed by atoms with Gasteiger partial charge in [-0.2, -0.15) is 5.10 Å². The summed E-state index contributed by atoms with van der Waals surface area (Å²) in [6, 6.07) is 1.87. The van der Waals surface area contributed by atoms with Crippen LogP contribution in [0.25, 0.3) is 5.82 Å². The van der Waals surface area contributed by atoms with E-state index in [0.29, 0.717) is 5.69 Å². The van der Waals surface area contributed by atoms with Gasteiger partial charge in [0.25, 0.3) is 0 Å². The van der Waals surface area contributed by atoms with Crippen molar-refractivity contribution in [2.75, 3.05) is 5.73 Å². The molecule has 0 bridgehead atoms. The maximum atomic E-state index is 5.85. The van der Waals surface area contributed by atoms with Crippen LogP contribution in [0.3, 0.4) is 0 Å². The van der Waals surface area contributed by atoms with Crippen LogP contribution in [0.4, 0.5) is 5.69 Å². The number of rotatable bonds is 1. The van der Waals surface area contributed by atoms with Gasteiger partial charge in [0.15, 0.2) is 5.82 Å². The van der Waals surface area contributed by atoms with E-state index in [0.717, 1.165) is 22.9 Å². The summed E-state index contributed by atoms with van der Waals surface area (Å²) in [7, 11) is 0. The van der Waals surface area contributed by atoms with Crippen molar-refractivity contribution in [1.82, 2.24) is 19.7 Å². The first-order valence-electron chi connectivity index (χ1n) is 4.70. The van der Waals surface area contributed by atoms with Gasteiger partial charge in [-0.25, -0.2) is 14.6 Å². The lowest BCUT2D eigenvalue weighted by molar-refractivity contribution is 0.797. The summed E-state index contributed by atoms with van der Waals surface area (Å²) in [5.74, 6) is 0.750. The number of nitrogens with zero attached hydrogens (tertiary/aromatic N) is 4. The molecule has 0 aliphatic carbocycles. The lowest BCUT2D eigenvalue weighted by Gasteiger charge is -2.03. The van der Waals surface area contributed by atoms with Crippen LogP contribution in [0, 0.1) is 20.8 Å². The molecule has 0 amide bonds. The van der Waals surface area contributed by atoms with Gasteiger partial charge in [-0.05, 0) is 20.8 Å². The van der Waals surface area contributed by atoms with E-state index in [4.69, 9.17) is 5.73 Å². The predicted octanol–water partition coefficient (Wildman–Crippen LogP) is 1.17. The maximum Gasteiger partial charge on any atom is 0.157 e. The number of aromatic nitrogens is 4. The molecule has 0 saturated heterocycles. The zero-order chi connectivity index (χ0) is 11.0. The Labute approximate surface area is 88.0 Å². The SMILES string of the molecule is Cc1cc(-n2nc(C)c(N)c2C)ncn1. The predicted molar refractivity (Wildman–Crippen MR) is 57.8 cm³/mol. The lowest BCUT2D eigenvalue weighted by atomic mass is 10.3. The smallest absolute Gasteiger partial charge is 0.157 e. The highest BCUT2D eigenvalue weighted by molar-refractivity contribution is 5.49. The topological polar surface area (TPSA) is 69.6 Å². The molecular weight excluding hydrogens is 190 g/mol. The van der Waals surface area contributed by atoms with Gasteiger partial charge in [0.1, 0.15) is 6.33 Å². The van der Waals surface area contributed by atoms with E-state index in [1.54, 1.807) is 4.68 Å². The molecule has 2 aromatic heterocycles. The monoisotopic (exact) mass is 203 g/mol. The standard InChI is InChI=1S/C10H13N5/c1-6-4-9(13-5-12-6)15-8(3)10(11)7(2)14-15/h4-5H,11H2,1-3H3. The minimum atomic E-state index is 0.714. The summed E-state index contributed by atoms with van der Waals surface area (Å²) >= 11 is 0. The molecule has 0 radical (unpaired) electrons. The Kier molecular flexibility index (Phi) is 2.15. The molecule has 2 N–H and O–H groups in total. The molecule has 5 nitrogen and oxygen atoms in total. The molecule has 0 aliphatic rings. The third-order valence-electron chi connectivity index (χ3n) is 2.35. The van der Waals surface area contributed by atoms with Gasteiger partial charge in [-0.1, -0.05) is 0 Å². The van der Waals surface area contributed by atoms with E-state index in [1.165, 1.54) is 6.33 Å². The second kappa shape index (κ2) is 3.34. The number of nitrogens with two attached hydrogens (primary N) is 1. The highest BCUT2D eigenvalue weighted by Crippen LogP contribution is 2.17. The van der Waals surface area contributed by atoms with Crippen LogP contribution in [0.1, 0.15) is 17.1 Å². The van der Waals surface area contributed by atoms with Crippen LogP contribution < -0.4 is 5.73 Å². The summed E-state index contributed by atoms with van der Waals surface area (Å²) in [4.78, 5) is 8.20. The number of nitrogen functional groups attached to an aromatic ring is 1. The first-order chi connectivity index (χ1) is 7.09. The summed E-state index contributed by atoms with van der Waals surface area (Å²) < 4.78 is 1.74. The zero-order valence-electron chi connectivity index (χ0n) is 9.02. The highest BCUT2D eigenvalue weighted by atomic mass is 15.3. The Morgan fingerprint density at radius 1 is 1.20 bits per heavy atom. The molecule has 2 rings (SSSR count). The molecule has 0 fully saturated rings. The fraction of sp³-hybridized carbons (Fsp3) is 0.300. The van der Waals surface area contributed by atoms with Gasteiger partial charge >= 0.3 is 0 Å². The van der Waals surface area contributed by atoms with E-state index < -0.39 is 0 Å². The minimum absolute atomic E-state index is 0.714.